The Balaban J connectivity index is 4.42. The molecular formula is C75H136O16P2. The topological polar surface area (TPSA) is 231 Å². The van der Waals surface area contributed by atoms with Crippen LogP contribution in [0.15, 0.2) is 72.9 Å². The van der Waals surface area contributed by atoms with Crippen molar-refractivity contribution in [2.24, 2.45) is 0 Å². The third-order valence-corrected chi connectivity index (χ3v) is 17.8. The summed E-state index contributed by atoms with van der Waals surface area (Å²) >= 11 is 0. The van der Waals surface area contributed by atoms with Crippen LogP contribution in [0.4, 0.5) is 0 Å². The van der Waals surface area contributed by atoms with Gasteiger partial charge in [-0.25, -0.2) is 9.13 Å². The highest BCUT2D eigenvalue weighted by molar-refractivity contribution is 7.47. The van der Waals surface area contributed by atoms with E-state index in [1.165, 1.54) is 148 Å². The maximum atomic E-state index is 12.9. The Hall–Kier alpha value is -3.01. The highest BCUT2D eigenvalue weighted by Crippen LogP contribution is 2.45. The molecule has 93 heavy (non-hydrogen) atoms. The van der Waals surface area contributed by atoms with Gasteiger partial charge in [0.25, 0.3) is 0 Å². The molecule has 5 unspecified atom stereocenters. The lowest BCUT2D eigenvalue weighted by molar-refractivity contribution is -0.161. The fraction of sp³-hybridized carbons (Fsp3) is 0.800. The van der Waals surface area contributed by atoms with Crippen molar-refractivity contribution in [3.63, 3.8) is 0 Å². The van der Waals surface area contributed by atoms with Crippen LogP contribution in [0.25, 0.3) is 0 Å². The molecule has 18 heteroatoms. The average molecular weight is 1360 g/mol. The standard InChI is InChI=1S/C75H136O16P2/c1-4-7-10-13-16-19-22-25-27-28-29-30-31-32-33-34-35-36-37-38-39-40-42-45-46-49-52-55-58-61-73(78)85-64-70(76)65-87-92(81,82)88-66-71(77)67-89-93(83,84)90-69-72(91-75(80)63-60-57-54-51-48-43-24-21-18-15-12-9-6-3)68-86-74(79)62-59-56-53-50-47-44-41-26-23-20-17-14-11-8-5-2/h7,10,16,19,25-27,29-30,32-33,41,70-72,76-77H,4-6,8-9,11-15,17-18,20-24,28,31,34-40,42-69H2,1-3H3,(H,81,82)(H,83,84)/b10-7-,19-16-,27-25-,30-29-,33-32-,41-26-. The van der Waals surface area contributed by atoms with E-state index >= 15 is 0 Å². The maximum Gasteiger partial charge on any atom is 0.472 e. The highest BCUT2D eigenvalue weighted by atomic mass is 31.2. The van der Waals surface area contributed by atoms with E-state index in [1.54, 1.807) is 0 Å². The van der Waals surface area contributed by atoms with Gasteiger partial charge in [-0.05, 0) is 89.9 Å². The zero-order valence-electron chi connectivity index (χ0n) is 58.9. The van der Waals surface area contributed by atoms with E-state index in [1.807, 2.05) is 0 Å². The molecule has 0 bridgehead atoms. The summed E-state index contributed by atoms with van der Waals surface area (Å²) in [6.07, 6.45) is 73.9. The van der Waals surface area contributed by atoms with E-state index in [-0.39, 0.29) is 19.3 Å². The van der Waals surface area contributed by atoms with Gasteiger partial charge < -0.3 is 34.2 Å². The third-order valence-electron chi connectivity index (χ3n) is 15.9. The van der Waals surface area contributed by atoms with E-state index in [4.69, 9.17) is 32.3 Å². The number of phosphoric acid groups is 2. The maximum absolute atomic E-state index is 12.9. The molecule has 0 aromatic heterocycles. The van der Waals surface area contributed by atoms with Crippen molar-refractivity contribution in [2.75, 3.05) is 39.6 Å². The first-order valence-corrected chi connectivity index (χ1v) is 40.2. The fourth-order valence-electron chi connectivity index (χ4n) is 10.2. The molecule has 0 aromatic rings. The van der Waals surface area contributed by atoms with Gasteiger partial charge in [0.15, 0.2) is 6.10 Å². The second-order valence-electron chi connectivity index (χ2n) is 25.1. The predicted octanol–water partition coefficient (Wildman–Crippen LogP) is 21.1. The van der Waals surface area contributed by atoms with Gasteiger partial charge in [0.1, 0.15) is 25.4 Å². The zero-order chi connectivity index (χ0) is 68.1. The molecule has 0 aromatic carbocycles. The number of rotatable bonds is 71. The van der Waals surface area contributed by atoms with Crippen molar-refractivity contribution in [1.29, 1.82) is 0 Å². The first-order valence-electron chi connectivity index (χ1n) is 37.2. The van der Waals surface area contributed by atoms with Gasteiger partial charge in [0, 0.05) is 19.3 Å². The van der Waals surface area contributed by atoms with Crippen LogP contribution in [0.3, 0.4) is 0 Å². The predicted molar refractivity (Wildman–Crippen MR) is 381 cm³/mol. The normalized spacial score (nSPS) is 14.5. The Morgan fingerprint density at radius 1 is 0.312 bits per heavy atom. The number of allylic oxidation sites excluding steroid dienone is 12. The van der Waals surface area contributed by atoms with Crippen molar-refractivity contribution in [3.8, 4) is 0 Å². The second-order valence-corrected chi connectivity index (χ2v) is 28.0. The van der Waals surface area contributed by atoms with Gasteiger partial charge in [-0.2, -0.15) is 0 Å². The number of aliphatic hydroxyl groups is 2. The largest absolute Gasteiger partial charge is 0.472 e. The highest BCUT2D eigenvalue weighted by Gasteiger charge is 2.29. The van der Waals surface area contributed by atoms with Crippen LogP contribution in [0.1, 0.15) is 329 Å². The molecule has 0 radical (unpaired) electrons. The zero-order valence-corrected chi connectivity index (χ0v) is 60.7. The van der Waals surface area contributed by atoms with Crippen molar-refractivity contribution >= 4 is 33.6 Å². The molecule has 16 nitrogen and oxygen atoms in total. The van der Waals surface area contributed by atoms with Crippen LogP contribution in [0.5, 0.6) is 0 Å². The van der Waals surface area contributed by atoms with E-state index in [9.17, 15) is 43.5 Å². The first kappa shape index (κ1) is 90.0. The van der Waals surface area contributed by atoms with Gasteiger partial charge in [0.2, 0.25) is 0 Å². The third kappa shape index (κ3) is 70.1. The number of carbonyl (C=O) groups excluding carboxylic acids is 3. The summed E-state index contributed by atoms with van der Waals surface area (Å²) in [5.41, 5.74) is 0. The van der Waals surface area contributed by atoms with Gasteiger partial charge in [-0.3, -0.25) is 32.5 Å². The smallest absolute Gasteiger partial charge is 0.463 e. The van der Waals surface area contributed by atoms with Gasteiger partial charge in [-0.15, -0.1) is 0 Å². The average Bonchev–Trinajstić information content (AvgIpc) is 2.91. The number of esters is 3. The monoisotopic (exact) mass is 1350 g/mol. The first-order chi connectivity index (χ1) is 45.2. The van der Waals surface area contributed by atoms with Crippen LogP contribution in [-0.4, -0.2) is 95.9 Å². The molecule has 4 N–H and O–H groups in total. The number of ether oxygens (including phenoxy) is 3. The molecule has 542 valence electrons. The molecule has 0 aliphatic rings. The Morgan fingerprint density at radius 3 is 0.914 bits per heavy atom. The van der Waals surface area contributed by atoms with Crippen LogP contribution < -0.4 is 0 Å². The Labute approximate surface area is 566 Å². The molecule has 0 fully saturated rings. The van der Waals surface area contributed by atoms with Gasteiger partial charge in [0.05, 0.1) is 26.4 Å². The molecule has 0 aliphatic heterocycles. The summed E-state index contributed by atoms with van der Waals surface area (Å²) < 4.78 is 61.0. The van der Waals surface area contributed by atoms with Crippen LogP contribution in [0, 0.1) is 0 Å². The number of hydrogen-bond donors (Lipinski definition) is 4. The van der Waals surface area contributed by atoms with Crippen molar-refractivity contribution in [1.82, 2.24) is 0 Å². The summed E-state index contributed by atoms with van der Waals surface area (Å²) in [5.74, 6) is -1.57. The molecule has 0 rings (SSSR count). The fourth-order valence-corrected chi connectivity index (χ4v) is 11.8. The van der Waals surface area contributed by atoms with Crippen LogP contribution >= 0.6 is 15.6 Å². The van der Waals surface area contributed by atoms with Crippen molar-refractivity contribution in [2.45, 2.75) is 347 Å². The number of hydrogen-bond acceptors (Lipinski definition) is 14. The molecule has 0 heterocycles. The summed E-state index contributed by atoms with van der Waals surface area (Å²) in [5, 5.41) is 20.6. The lowest BCUT2D eigenvalue weighted by atomic mass is 10.0. The quantitative estimate of drug-likeness (QED) is 0.0146. The number of phosphoric ester groups is 2. The second kappa shape index (κ2) is 68.9. The minimum Gasteiger partial charge on any atom is -0.463 e. The minimum atomic E-state index is -4.92. The molecule has 0 aliphatic carbocycles. The van der Waals surface area contributed by atoms with Gasteiger partial charge in [-0.1, -0.05) is 293 Å². The molecule has 0 saturated carbocycles. The number of unbranched alkanes of at least 4 members (excludes halogenated alkanes) is 36. The van der Waals surface area contributed by atoms with Crippen LogP contribution in [0.2, 0.25) is 0 Å². The number of carbonyl (C=O) groups is 3. The molecule has 0 saturated heterocycles. The molecule has 5 atom stereocenters. The van der Waals surface area contributed by atoms with Crippen molar-refractivity contribution < 1.29 is 75.8 Å². The Kier molecular flexibility index (Phi) is 66.7. The van der Waals surface area contributed by atoms with E-state index in [0.717, 1.165) is 122 Å². The summed E-state index contributed by atoms with van der Waals surface area (Å²) in [7, 11) is -9.77. The minimum absolute atomic E-state index is 0.109. The molecule has 0 spiro atoms. The Bertz CT molecular complexity index is 1990. The van der Waals surface area contributed by atoms with Crippen LogP contribution in [-0.2, 0) is 55.8 Å². The lowest BCUT2D eigenvalue weighted by Gasteiger charge is -2.21. The van der Waals surface area contributed by atoms with Crippen molar-refractivity contribution in [3.05, 3.63) is 72.9 Å². The summed E-state index contributed by atoms with van der Waals surface area (Å²) in [6, 6.07) is 0. The lowest BCUT2D eigenvalue weighted by Crippen LogP contribution is -2.30. The van der Waals surface area contributed by atoms with Gasteiger partial charge >= 0.3 is 33.6 Å². The molecule has 0 amide bonds. The summed E-state index contributed by atoms with van der Waals surface area (Å²) in [6.45, 7) is 2.59. The Morgan fingerprint density at radius 2 is 0.570 bits per heavy atom. The SMILES string of the molecule is CC/C=C\C/C=C\C/C=C\C/C=C\C/C=C\CCCCCCCCCCCCCCCC(=O)OCC(O)COP(=O)(O)OCC(O)COP(=O)(O)OCC(COC(=O)CCCCCCC/C=C\CCCCCCCC)OC(=O)CCCCCCCCCCCCCCC. The van der Waals surface area contributed by atoms with E-state index in [2.05, 4.69) is 93.7 Å². The van der Waals surface area contributed by atoms with E-state index in [0.29, 0.717) is 19.3 Å². The number of aliphatic hydroxyl groups excluding tert-OH is 2. The summed E-state index contributed by atoms with van der Waals surface area (Å²) in [4.78, 5) is 58.4. The van der Waals surface area contributed by atoms with E-state index < -0.39 is 91.5 Å². The molecular weight excluding hydrogens is 1220 g/mol.